The molecule has 0 aliphatic rings. The average molecular weight is 1190 g/mol. The molecule has 9 heteroatoms. The fraction of sp³-hybridized carbons (Fsp3) is 0.932. The molecule has 0 aromatic rings. The molecule has 0 saturated heterocycles. The van der Waals surface area contributed by atoms with E-state index in [1.54, 1.807) is 6.08 Å². The number of quaternary nitrogens is 1. The van der Waals surface area contributed by atoms with Crippen molar-refractivity contribution in [2.75, 3.05) is 40.9 Å². The summed E-state index contributed by atoms with van der Waals surface area (Å²) in [7, 11) is 1.59. The van der Waals surface area contributed by atoms with Gasteiger partial charge in [0, 0.05) is 6.42 Å². The molecule has 0 aromatic carbocycles. The zero-order valence-electron chi connectivity index (χ0n) is 56.7. The van der Waals surface area contributed by atoms with Gasteiger partial charge in [0.15, 0.2) is 0 Å². The van der Waals surface area contributed by atoms with E-state index in [1.807, 2.05) is 27.2 Å². The molecule has 0 aliphatic heterocycles. The average Bonchev–Trinajstić information content (AvgIpc) is 3.50. The quantitative estimate of drug-likeness (QED) is 0.0243. The van der Waals surface area contributed by atoms with Crippen LogP contribution in [-0.2, 0) is 18.4 Å². The summed E-state index contributed by atoms with van der Waals surface area (Å²) >= 11 is 0. The van der Waals surface area contributed by atoms with E-state index >= 15 is 0 Å². The smallest absolute Gasteiger partial charge is 0.387 e. The van der Waals surface area contributed by atoms with Gasteiger partial charge < -0.3 is 19.8 Å². The van der Waals surface area contributed by atoms with Crippen molar-refractivity contribution in [3.63, 3.8) is 0 Å². The van der Waals surface area contributed by atoms with E-state index in [4.69, 9.17) is 9.05 Å². The molecule has 0 rings (SSSR count). The first-order valence-electron chi connectivity index (χ1n) is 37.2. The van der Waals surface area contributed by atoms with Crippen molar-refractivity contribution in [1.82, 2.24) is 5.32 Å². The number of phosphoric ester groups is 1. The maximum absolute atomic E-state index is 13.1. The number of hydrogen-bond acceptors (Lipinski definition) is 5. The van der Waals surface area contributed by atoms with Crippen molar-refractivity contribution in [1.29, 1.82) is 0 Å². The van der Waals surface area contributed by atoms with Crippen molar-refractivity contribution in [2.45, 2.75) is 405 Å². The van der Waals surface area contributed by atoms with E-state index in [0.717, 1.165) is 32.1 Å². The lowest BCUT2D eigenvalue weighted by atomic mass is 10.0. The molecular weight excluding hydrogens is 1040 g/mol. The van der Waals surface area contributed by atoms with Crippen LogP contribution in [0.25, 0.3) is 0 Å². The van der Waals surface area contributed by atoms with Gasteiger partial charge in [0.2, 0.25) is 5.91 Å². The number of amides is 1. The fourth-order valence-electron chi connectivity index (χ4n) is 11.6. The molecule has 3 atom stereocenters. The number of allylic oxidation sites excluding steroid dienone is 3. The Morgan fingerprint density at radius 3 is 0.928 bits per heavy atom. The van der Waals surface area contributed by atoms with Crippen LogP contribution in [0.2, 0.25) is 0 Å². The minimum atomic E-state index is -4.35. The molecule has 3 N–H and O–H groups in total. The van der Waals surface area contributed by atoms with Gasteiger partial charge in [0.25, 0.3) is 0 Å². The first kappa shape index (κ1) is 82.0. The number of aliphatic hydroxyl groups excluding tert-OH is 1. The number of carbonyl (C=O) groups is 1. The third-order valence-electron chi connectivity index (χ3n) is 17.4. The summed E-state index contributed by atoms with van der Waals surface area (Å²) in [4.78, 5) is 23.4. The number of unbranched alkanes of at least 4 members (excludes halogenated alkanes) is 55. The first-order valence-corrected chi connectivity index (χ1v) is 38.7. The summed E-state index contributed by atoms with van der Waals surface area (Å²) in [6, 6.07) is -0.846. The Hall–Kier alpha value is -1.02. The number of hydrogen-bond donors (Lipinski definition) is 3. The van der Waals surface area contributed by atoms with Gasteiger partial charge >= 0.3 is 7.82 Å². The highest BCUT2D eigenvalue weighted by Gasteiger charge is 2.28. The Balaban J connectivity index is 3.93. The van der Waals surface area contributed by atoms with Crippen LogP contribution in [0.4, 0.5) is 0 Å². The zero-order valence-corrected chi connectivity index (χ0v) is 57.6. The molecule has 0 bridgehead atoms. The Kier molecular flexibility index (Phi) is 64.6. The first-order chi connectivity index (χ1) is 40.5. The number of aliphatic hydroxyl groups is 1. The van der Waals surface area contributed by atoms with Gasteiger partial charge in [-0.2, -0.15) is 0 Å². The molecule has 8 nitrogen and oxygen atoms in total. The SMILES string of the molecule is CCCCCCCCCCCCCCCCCCCC/C=C\CCCCCCCCCCCCCCCCCCCC(=O)NC(COP(=O)(O)OCC[N+](C)(C)C)C(O)/C=C/CCCCCCCCCCCCCCCCCCCCCC. The highest BCUT2D eigenvalue weighted by atomic mass is 31.2. The summed E-state index contributed by atoms with van der Waals surface area (Å²) in [6.45, 7) is 4.88. The topological polar surface area (TPSA) is 105 Å². The van der Waals surface area contributed by atoms with Crippen LogP contribution in [0, 0.1) is 0 Å². The lowest BCUT2D eigenvalue weighted by Crippen LogP contribution is -2.45. The number of likely N-dealkylation sites (N-methyl/N-ethyl adjacent to an activating group) is 1. The predicted octanol–water partition coefficient (Wildman–Crippen LogP) is 23.8. The van der Waals surface area contributed by atoms with Crippen LogP contribution in [-0.4, -0.2) is 73.4 Å². The van der Waals surface area contributed by atoms with Gasteiger partial charge in [0.1, 0.15) is 13.2 Å². The second kappa shape index (κ2) is 65.4. The molecule has 3 unspecified atom stereocenters. The summed E-state index contributed by atoms with van der Waals surface area (Å²) in [6.07, 6.45) is 86.4. The minimum Gasteiger partial charge on any atom is -0.387 e. The van der Waals surface area contributed by atoms with Gasteiger partial charge in [-0.15, -0.1) is 0 Å². The van der Waals surface area contributed by atoms with E-state index in [-0.39, 0.29) is 19.1 Å². The highest BCUT2D eigenvalue weighted by molar-refractivity contribution is 7.47. The third-order valence-corrected chi connectivity index (χ3v) is 18.4. The van der Waals surface area contributed by atoms with E-state index in [9.17, 15) is 19.4 Å². The fourth-order valence-corrected chi connectivity index (χ4v) is 12.4. The molecule has 1 amide bonds. The van der Waals surface area contributed by atoms with Crippen LogP contribution in [0.1, 0.15) is 393 Å². The monoisotopic (exact) mass is 1190 g/mol. The van der Waals surface area contributed by atoms with Gasteiger partial charge in [-0.3, -0.25) is 13.8 Å². The van der Waals surface area contributed by atoms with Crippen molar-refractivity contribution in [3.8, 4) is 0 Å². The van der Waals surface area contributed by atoms with Crippen molar-refractivity contribution < 1.29 is 32.9 Å². The molecule has 0 spiro atoms. The molecule has 0 fully saturated rings. The van der Waals surface area contributed by atoms with E-state index < -0.39 is 20.0 Å². The van der Waals surface area contributed by atoms with Crippen LogP contribution in [0.5, 0.6) is 0 Å². The number of phosphoric acid groups is 1. The van der Waals surface area contributed by atoms with Gasteiger partial charge in [-0.25, -0.2) is 4.57 Å². The van der Waals surface area contributed by atoms with Crippen LogP contribution >= 0.6 is 7.82 Å². The Morgan fingerprint density at radius 1 is 0.398 bits per heavy atom. The summed E-state index contributed by atoms with van der Waals surface area (Å²) in [5, 5.41) is 14.0. The Labute approximate surface area is 519 Å². The second-order valence-corrected chi connectivity index (χ2v) is 28.5. The maximum Gasteiger partial charge on any atom is 0.472 e. The number of rotatable bonds is 70. The summed E-state index contributed by atoms with van der Waals surface area (Å²) in [5.74, 6) is -0.168. The van der Waals surface area contributed by atoms with Crippen LogP contribution in [0.15, 0.2) is 24.3 Å². The predicted molar refractivity (Wildman–Crippen MR) is 365 cm³/mol. The van der Waals surface area contributed by atoms with Gasteiger partial charge in [-0.1, -0.05) is 366 Å². The van der Waals surface area contributed by atoms with Crippen LogP contribution < -0.4 is 5.32 Å². The molecule has 83 heavy (non-hydrogen) atoms. The number of nitrogens with zero attached hydrogens (tertiary/aromatic N) is 1. The molecule has 0 aromatic heterocycles. The number of carbonyl (C=O) groups excluding carboxylic acids is 1. The van der Waals surface area contributed by atoms with Gasteiger partial charge in [-0.05, 0) is 44.9 Å². The van der Waals surface area contributed by atoms with Gasteiger partial charge in [0.05, 0.1) is 39.9 Å². The van der Waals surface area contributed by atoms with Crippen LogP contribution in [0.3, 0.4) is 0 Å². The third kappa shape index (κ3) is 68.3. The lowest BCUT2D eigenvalue weighted by molar-refractivity contribution is -0.870. The Morgan fingerprint density at radius 2 is 0.651 bits per heavy atom. The second-order valence-electron chi connectivity index (χ2n) is 27.0. The highest BCUT2D eigenvalue weighted by Crippen LogP contribution is 2.43. The minimum absolute atomic E-state index is 0.0643. The van der Waals surface area contributed by atoms with Crippen molar-refractivity contribution in [2.24, 2.45) is 0 Å². The Bertz CT molecular complexity index is 1400. The lowest BCUT2D eigenvalue weighted by Gasteiger charge is -2.25. The van der Waals surface area contributed by atoms with E-state index in [2.05, 4.69) is 31.3 Å². The summed E-state index contributed by atoms with van der Waals surface area (Å²) < 4.78 is 23.8. The molecule has 0 saturated carbocycles. The molecule has 494 valence electrons. The largest absolute Gasteiger partial charge is 0.472 e. The maximum atomic E-state index is 13.1. The molecule has 0 radical (unpaired) electrons. The zero-order chi connectivity index (χ0) is 60.5. The van der Waals surface area contributed by atoms with Crippen molar-refractivity contribution >= 4 is 13.7 Å². The van der Waals surface area contributed by atoms with Crippen molar-refractivity contribution in [3.05, 3.63) is 24.3 Å². The normalized spacial score (nSPS) is 13.7. The molecule has 0 heterocycles. The molecule has 0 aliphatic carbocycles. The standard InChI is InChI=1S/C74H147N2O6P/c1-6-8-10-12-14-16-18-20-22-24-26-28-30-31-32-33-34-35-36-37-38-39-40-41-42-43-44-45-46-48-50-52-54-56-58-60-62-64-66-68-74(78)75-72(71-82-83(79,80)81-70-69-76(3,4)5)73(77)67-65-63-61-59-57-55-53-51-49-47-29-27-25-23-21-19-17-15-13-11-9-7-2/h37-38,65,67,72-73,77H,6-36,39-64,66,68-71H2,1-5H3,(H-,75,78,79,80)/p+1/b38-37-,67-65+. The molecular formula is C74H148N2O6P+. The summed E-state index contributed by atoms with van der Waals surface area (Å²) in [5.41, 5.74) is 0. The van der Waals surface area contributed by atoms with E-state index in [1.165, 1.54) is 340 Å². The number of nitrogens with one attached hydrogen (secondary N) is 1. The van der Waals surface area contributed by atoms with E-state index in [0.29, 0.717) is 17.4 Å².